The van der Waals surface area contributed by atoms with Gasteiger partial charge in [-0.2, -0.15) is 0 Å². The SMILES string of the molecule is O=C(O)CC(O)(CC(=O)O)C(=O)O.O=C(O[C@H]1CN2CCC1CC2)N1CCc2ccccc2[C@@H]1c1ccccc1. The van der Waals surface area contributed by atoms with Crippen molar-refractivity contribution in [2.24, 2.45) is 5.92 Å². The lowest BCUT2D eigenvalue weighted by Gasteiger charge is -2.45. The van der Waals surface area contributed by atoms with Gasteiger partial charge in [0.2, 0.25) is 0 Å². The Morgan fingerprint density at radius 3 is 2.00 bits per heavy atom. The highest BCUT2D eigenvalue weighted by atomic mass is 16.6. The lowest BCUT2D eigenvalue weighted by molar-refractivity contribution is -0.170. The Kier molecular flexibility index (Phi) is 9.06. The fourth-order valence-electron chi connectivity index (χ4n) is 5.71. The standard InChI is InChI=1S/C23H26N2O2.C6H8O7/c26-23(27-21-16-24-13-10-18(21)11-14-24)25-15-12-17-6-4-5-9-20(17)22(25)19-7-2-1-3-8-19;7-3(8)1-6(13,5(11)12)2-4(9)10/h1-9,18,21-22H,10-16H2;13H,1-2H2,(H,7,8)(H,9,10)(H,11,12)/t21-,22-;/m0./s1. The van der Waals surface area contributed by atoms with Crippen LogP contribution in [0.3, 0.4) is 0 Å². The summed E-state index contributed by atoms with van der Waals surface area (Å²) in [6.07, 6.45) is 0.801. The molecule has 2 aromatic rings. The molecule has 0 aromatic heterocycles. The van der Waals surface area contributed by atoms with Crippen molar-refractivity contribution in [2.75, 3.05) is 26.2 Å². The Labute approximate surface area is 231 Å². The number of nitrogens with zero attached hydrogens (tertiary/aromatic N) is 2. The van der Waals surface area contributed by atoms with Crippen molar-refractivity contribution >= 4 is 24.0 Å². The minimum atomic E-state index is -2.74. The first kappa shape index (κ1) is 29.0. The van der Waals surface area contributed by atoms with Crippen LogP contribution in [0.4, 0.5) is 4.79 Å². The summed E-state index contributed by atoms with van der Waals surface area (Å²) in [4.78, 5) is 48.1. The number of ether oxygens (including phenoxy) is 1. The second-order valence-electron chi connectivity index (χ2n) is 10.5. The molecule has 2 bridgehead atoms. The maximum absolute atomic E-state index is 13.2. The predicted molar refractivity (Wildman–Crippen MR) is 142 cm³/mol. The van der Waals surface area contributed by atoms with Gasteiger partial charge in [-0.25, -0.2) is 9.59 Å². The number of carbonyl (C=O) groups excluding carboxylic acids is 1. The highest BCUT2D eigenvalue weighted by Crippen LogP contribution is 2.37. The Bertz CT molecular complexity index is 1210. The van der Waals surface area contributed by atoms with Gasteiger partial charge < -0.3 is 25.2 Å². The molecule has 11 nitrogen and oxygen atoms in total. The molecule has 4 N–H and O–H groups in total. The number of carboxylic acid groups (broad SMARTS) is 3. The van der Waals surface area contributed by atoms with Gasteiger partial charge in [0.15, 0.2) is 5.60 Å². The van der Waals surface area contributed by atoms with Crippen molar-refractivity contribution in [1.82, 2.24) is 9.80 Å². The van der Waals surface area contributed by atoms with E-state index in [1.165, 1.54) is 11.1 Å². The molecular formula is C29H34N2O9. The van der Waals surface area contributed by atoms with Gasteiger partial charge in [0.05, 0.1) is 18.9 Å². The molecule has 0 unspecified atom stereocenters. The van der Waals surface area contributed by atoms with Crippen LogP contribution in [0, 0.1) is 5.92 Å². The van der Waals surface area contributed by atoms with E-state index >= 15 is 0 Å². The molecule has 3 fully saturated rings. The van der Waals surface area contributed by atoms with Gasteiger partial charge in [-0.1, -0.05) is 54.6 Å². The van der Waals surface area contributed by atoms with E-state index < -0.39 is 36.4 Å². The third-order valence-electron chi connectivity index (χ3n) is 7.77. The van der Waals surface area contributed by atoms with Crippen LogP contribution in [0.25, 0.3) is 0 Å². The van der Waals surface area contributed by atoms with Crippen LogP contribution in [0.2, 0.25) is 0 Å². The van der Waals surface area contributed by atoms with Crippen molar-refractivity contribution in [2.45, 2.75) is 49.9 Å². The van der Waals surface area contributed by atoms with Crippen molar-refractivity contribution in [3.05, 3.63) is 71.3 Å². The second-order valence-corrected chi connectivity index (χ2v) is 10.5. The number of carboxylic acids is 3. The zero-order chi connectivity index (χ0) is 28.9. The summed E-state index contributed by atoms with van der Waals surface area (Å²) in [5, 5.41) is 33.8. The Morgan fingerprint density at radius 1 is 0.850 bits per heavy atom. The van der Waals surface area contributed by atoms with Crippen LogP contribution in [0.15, 0.2) is 54.6 Å². The molecule has 4 aliphatic rings. The van der Waals surface area contributed by atoms with Crippen LogP contribution in [-0.2, 0) is 25.5 Å². The molecule has 2 aromatic carbocycles. The first-order valence-corrected chi connectivity index (χ1v) is 13.3. The van der Waals surface area contributed by atoms with Crippen molar-refractivity contribution in [3.8, 4) is 0 Å². The van der Waals surface area contributed by atoms with E-state index in [-0.39, 0.29) is 18.2 Å². The predicted octanol–water partition coefficient (Wildman–Crippen LogP) is 2.62. The number of hydrogen-bond acceptors (Lipinski definition) is 7. The topological polar surface area (TPSA) is 165 Å². The zero-order valence-electron chi connectivity index (χ0n) is 22.0. The quantitative estimate of drug-likeness (QED) is 0.400. The van der Waals surface area contributed by atoms with Gasteiger partial charge in [-0.05, 0) is 55.0 Å². The summed E-state index contributed by atoms with van der Waals surface area (Å²) in [6.45, 7) is 3.91. The smallest absolute Gasteiger partial charge is 0.410 e. The average Bonchev–Trinajstić information content (AvgIpc) is 2.93. The largest absolute Gasteiger partial charge is 0.481 e. The van der Waals surface area contributed by atoms with E-state index in [9.17, 15) is 19.2 Å². The number of carbonyl (C=O) groups is 4. The highest BCUT2D eigenvalue weighted by Gasteiger charge is 2.41. The Hall–Kier alpha value is -3.96. The Morgan fingerprint density at radius 2 is 1.45 bits per heavy atom. The molecule has 0 spiro atoms. The number of amides is 1. The first-order valence-electron chi connectivity index (χ1n) is 13.3. The van der Waals surface area contributed by atoms with E-state index in [1.54, 1.807) is 0 Å². The summed E-state index contributed by atoms with van der Waals surface area (Å²) in [5.74, 6) is -4.49. The minimum absolute atomic E-state index is 0.0496. The van der Waals surface area contributed by atoms with E-state index in [2.05, 4.69) is 41.3 Å². The maximum atomic E-state index is 13.2. The lowest BCUT2D eigenvalue weighted by atomic mass is 9.86. The molecule has 40 heavy (non-hydrogen) atoms. The number of aliphatic hydroxyl groups is 1. The van der Waals surface area contributed by atoms with Gasteiger partial charge in [0.1, 0.15) is 6.10 Å². The van der Waals surface area contributed by atoms with Crippen LogP contribution in [0.1, 0.15) is 48.4 Å². The average molecular weight is 555 g/mol. The van der Waals surface area contributed by atoms with Crippen molar-refractivity contribution in [1.29, 1.82) is 0 Å². The lowest BCUT2D eigenvalue weighted by Crippen LogP contribution is -2.53. The molecule has 1 amide bonds. The summed E-state index contributed by atoms with van der Waals surface area (Å²) in [6, 6.07) is 18.8. The number of piperidine rings is 3. The third kappa shape index (κ3) is 6.78. The molecule has 0 radical (unpaired) electrons. The van der Waals surface area contributed by atoms with Crippen LogP contribution >= 0.6 is 0 Å². The van der Waals surface area contributed by atoms with E-state index in [0.717, 1.165) is 44.5 Å². The molecule has 2 atom stereocenters. The molecule has 4 heterocycles. The maximum Gasteiger partial charge on any atom is 0.410 e. The molecule has 0 saturated carbocycles. The summed E-state index contributed by atoms with van der Waals surface area (Å²) < 4.78 is 6.08. The molecule has 0 aliphatic carbocycles. The monoisotopic (exact) mass is 554 g/mol. The van der Waals surface area contributed by atoms with Gasteiger partial charge >= 0.3 is 24.0 Å². The zero-order valence-corrected chi connectivity index (χ0v) is 22.0. The fourth-order valence-corrected chi connectivity index (χ4v) is 5.71. The molecule has 3 saturated heterocycles. The molecule has 6 rings (SSSR count). The summed E-state index contributed by atoms with van der Waals surface area (Å²) in [5.41, 5.74) is 0.965. The van der Waals surface area contributed by atoms with Gasteiger partial charge in [-0.15, -0.1) is 0 Å². The normalized spacial score (nSPS) is 23.3. The molecule has 4 aliphatic heterocycles. The Balaban J connectivity index is 0.000000243. The van der Waals surface area contributed by atoms with Gasteiger partial charge in [-0.3, -0.25) is 19.4 Å². The van der Waals surface area contributed by atoms with E-state index in [4.69, 9.17) is 25.2 Å². The minimum Gasteiger partial charge on any atom is -0.481 e. The first-order chi connectivity index (χ1) is 19.1. The molecule has 214 valence electrons. The summed E-state index contributed by atoms with van der Waals surface area (Å²) >= 11 is 0. The van der Waals surface area contributed by atoms with Crippen LogP contribution < -0.4 is 0 Å². The highest BCUT2D eigenvalue weighted by molar-refractivity contribution is 5.88. The van der Waals surface area contributed by atoms with E-state index in [1.807, 2.05) is 23.1 Å². The number of hydrogen-bond donors (Lipinski definition) is 4. The number of rotatable bonds is 7. The molecule has 11 heteroatoms. The fraction of sp³-hybridized carbons (Fsp3) is 0.448. The van der Waals surface area contributed by atoms with E-state index in [0.29, 0.717) is 12.5 Å². The third-order valence-corrected chi connectivity index (χ3v) is 7.77. The number of fused-ring (bicyclic) bond motifs is 4. The van der Waals surface area contributed by atoms with Crippen LogP contribution in [0.5, 0.6) is 0 Å². The van der Waals surface area contributed by atoms with Crippen LogP contribution in [-0.4, -0.2) is 92.1 Å². The van der Waals surface area contributed by atoms with Gasteiger partial charge in [0, 0.05) is 13.1 Å². The van der Waals surface area contributed by atoms with Crippen molar-refractivity contribution < 1.29 is 44.3 Å². The number of benzene rings is 2. The summed E-state index contributed by atoms with van der Waals surface area (Å²) in [7, 11) is 0. The number of aliphatic carboxylic acids is 3. The van der Waals surface area contributed by atoms with Gasteiger partial charge in [0.25, 0.3) is 0 Å². The molecular weight excluding hydrogens is 520 g/mol. The van der Waals surface area contributed by atoms with Crippen molar-refractivity contribution in [3.63, 3.8) is 0 Å². The second kappa shape index (κ2) is 12.5.